The van der Waals surface area contributed by atoms with Crippen molar-refractivity contribution in [2.75, 3.05) is 19.7 Å². The zero-order chi connectivity index (χ0) is 11.1. The van der Waals surface area contributed by atoms with E-state index in [1.165, 1.54) is 19.4 Å². The summed E-state index contributed by atoms with van der Waals surface area (Å²) in [6, 6.07) is 0.962. The maximum Gasteiger partial charge on any atom is 0.234 e. The highest BCUT2D eigenvalue weighted by Crippen LogP contribution is 2.27. The van der Waals surface area contributed by atoms with Crippen molar-refractivity contribution in [1.82, 2.24) is 4.90 Å². The van der Waals surface area contributed by atoms with Gasteiger partial charge in [0.1, 0.15) is 18.6 Å². The van der Waals surface area contributed by atoms with Crippen LogP contribution in [0.25, 0.3) is 0 Å². The molecule has 3 nitrogen and oxygen atoms in total. The van der Waals surface area contributed by atoms with Crippen molar-refractivity contribution in [3.8, 4) is 0 Å². The quantitative estimate of drug-likeness (QED) is 0.687. The fraction of sp³-hybridized carbons (Fsp3) is 0.917. The van der Waals surface area contributed by atoms with Crippen LogP contribution < -0.4 is 0 Å². The first kappa shape index (κ1) is 10.9. The summed E-state index contributed by atoms with van der Waals surface area (Å²) in [7, 11) is 0. The van der Waals surface area contributed by atoms with Gasteiger partial charge in [-0.3, -0.25) is 9.48 Å². The SMILES string of the molecule is CC(C)(C)[C@@H](CO)N1C=[N+]2CCC[C@H]2C1. The van der Waals surface area contributed by atoms with Crippen molar-refractivity contribution in [1.29, 1.82) is 0 Å². The molecule has 0 aromatic heterocycles. The van der Waals surface area contributed by atoms with Gasteiger partial charge in [0.2, 0.25) is 6.34 Å². The van der Waals surface area contributed by atoms with Crippen LogP contribution in [0.2, 0.25) is 0 Å². The predicted octanol–water partition coefficient (Wildman–Crippen LogP) is 0.912. The number of hydrogen-bond acceptors (Lipinski definition) is 2. The highest BCUT2D eigenvalue weighted by Gasteiger charge is 2.41. The highest BCUT2D eigenvalue weighted by molar-refractivity contribution is 5.52. The van der Waals surface area contributed by atoms with E-state index in [0.29, 0.717) is 6.04 Å². The summed E-state index contributed by atoms with van der Waals surface area (Å²) in [5.74, 6) is 0. The first-order valence-corrected chi connectivity index (χ1v) is 5.99. The van der Waals surface area contributed by atoms with Crippen LogP contribution in [0.1, 0.15) is 33.6 Å². The molecule has 0 saturated carbocycles. The number of nitrogens with zero attached hydrogens (tertiary/aromatic N) is 2. The van der Waals surface area contributed by atoms with E-state index in [9.17, 15) is 5.11 Å². The number of aliphatic hydroxyl groups excluding tert-OH is 1. The molecule has 0 aromatic carbocycles. The molecule has 1 saturated heterocycles. The molecule has 1 N–H and O–H groups in total. The van der Waals surface area contributed by atoms with E-state index < -0.39 is 0 Å². The van der Waals surface area contributed by atoms with Gasteiger partial charge in [-0.1, -0.05) is 20.8 Å². The molecule has 0 aromatic rings. The molecule has 0 radical (unpaired) electrons. The Labute approximate surface area is 92.4 Å². The Morgan fingerprint density at radius 2 is 2.27 bits per heavy atom. The summed E-state index contributed by atoms with van der Waals surface area (Å²) in [6.07, 6.45) is 4.88. The molecule has 1 fully saturated rings. The van der Waals surface area contributed by atoms with Crippen LogP contribution in [0.3, 0.4) is 0 Å². The lowest BCUT2D eigenvalue weighted by Gasteiger charge is -2.31. The molecule has 2 heterocycles. The summed E-state index contributed by atoms with van der Waals surface area (Å²) >= 11 is 0. The van der Waals surface area contributed by atoms with Gasteiger partial charge in [0.25, 0.3) is 0 Å². The average Bonchev–Trinajstić information content (AvgIpc) is 2.61. The van der Waals surface area contributed by atoms with E-state index in [4.69, 9.17) is 0 Å². The van der Waals surface area contributed by atoms with Crippen LogP contribution >= 0.6 is 0 Å². The van der Waals surface area contributed by atoms with Crippen LogP contribution in [0.5, 0.6) is 0 Å². The highest BCUT2D eigenvalue weighted by atomic mass is 16.3. The Morgan fingerprint density at radius 3 is 2.80 bits per heavy atom. The molecule has 0 bridgehead atoms. The molecule has 2 atom stereocenters. The molecule has 0 unspecified atom stereocenters. The number of hydrogen-bond donors (Lipinski definition) is 1. The van der Waals surface area contributed by atoms with Gasteiger partial charge in [-0.25, -0.2) is 0 Å². The molecule has 2 aliphatic heterocycles. The summed E-state index contributed by atoms with van der Waals surface area (Å²) in [6.45, 7) is 9.15. The van der Waals surface area contributed by atoms with E-state index >= 15 is 0 Å². The Kier molecular flexibility index (Phi) is 2.75. The second kappa shape index (κ2) is 3.78. The minimum atomic E-state index is 0.144. The molecule has 0 aliphatic carbocycles. The minimum absolute atomic E-state index is 0.144. The standard InChI is InChI=1S/C12H23N2O/c1-12(2,3)11(8-15)14-7-10-5-4-6-13(10)9-14/h9-11,15H,4-8H2,1-3H3/q+1/t10-,11+/m0/s1. The lowest BCUT2D eigenvalue weighted by Crippen LogP contribution is -2.45. The molecular weight excluding hydrogens is 188 g/mol. The van der Waals surface area contributed by atoms with E-state index in [0.717, 1.165) is 6.54 Å². The average molecular weight is 211 g/mol. The summed E-state index contributed by atoms with van der Waals surface area (Å²) in [4.78, 5) is 2.34. The molecule has 0 spiro atoms. The largest absolute Gasteiger partial charge is 0.392 e. The number of aliphatic hydroxyl groups is 1. The summed E-state index contributed by atoms with van der Waals surface area (Å²) in [5.41, 5.74) is 0.144. The second-order valence-electron chi connectivity index (χ2n) is 5.91. The Bertz CT molecular complexity index is 267. The van der Waals surface area contributed by atoms with Gasteiger partial charge < -0.3 is 5.11 Å². The van der Waals surface area contributed by atoms with Crippen LogP contribution in [0.4, 0.5) is 0 Å². The number of fused-ring (bicyclic) bond motifs is 1. The lowest BCUT2D eigenvalue weighted by atomic mass is 9.86. The van der Waals surface area contributed by atoms with Crippen molar-refractivity contribution >= 4 is 6.34 Å². The minimum Gasteiger partial charge on any atom is -0.392 e. The maximum atomic E-state index is 9.51. The Balaban J connectivity index is 2.09. The van der Waals surface area contributed by atoms with Gasteiger partial charge in [0.15, 0.2) is 0 Å². The van der Waals surface area contributed by atoms with Crippen molar-refractivity contribution in [3.05, 3.63) is 0 Å². The smallest absolute Gasteiger partial charge is 0.234 e. The van der Waals surface area contributed by atoms with E-state index in [1.807, 2.05) is 0 Å². The third-order valence-corrected chi connectivity index (χ3v) is 3.71. The molecule has 2 rings (SSSR count). The third kappa shape index (κ3) is 2.03. The number of rotatable bonds is 2. The molecular formula is C12H23N2O+. The summed E-state index contributed by atoms with van der Waals surface area (Å²) in [5, 5.41) is 9.51. The van der Waals surface area contributed by atoms with Gasteiger partial charge >= 0.3 is 0 Å². The lowest BCUT2D eigenvalue weighted by molar-refractivity contribution is -0.529. The zero-order valence-corrected chi connectivity index (χ0v) is 10.1. The van der Waals surface area contributed by atoms with E-state index in [1.54, 1.807) is 0 Å². The fourth-order valence-electron chi connectivity index (χ4n) is 2.77. The Morgan fingerprint density at radius 1 is 1.53 bits per heavy atom. The fourth-order valence-corrected chi connectivity index (χ4v) is 2.77. The topological polar surface area (TPSA) is 26.5 Å². The maximum absolute atomic E-state index is 9.51. The van der Waals surface area contributed by atoms with Crippen LogP contribution in [-0.2, 0) is 0 Å². The molecule has 15 heavy (non-hydrogen) atoms. The zero-order valence-electron chi connectivity index (χ0n) is 10.1. The predicted molar refractivity (Wildman–Crippen MR) is 61.2 cm³/mol. The van der Waals surface area contributed by atoms with Gasteiger partial charge in [0.05, 0.1) is 13.2 Å². The van der Waals surface area contributed by atoms with Crippen LogP contribution in [0, 0.1) is 5.41 Å². The molecule has 2 aliphatic rings. The normalized spacial score (nSPS) is 27.9. The molecule has 3 heteroatoms. The van der Waals surface area contributed by atoms with E-state index in [-0.39, 0.29) is 18.1 Å². The molecule has 86 valence electrons. The van der Waals surface area contributed by atoms with Gasteiger partial charge in [-0.2, -0.15) is 0 Å². The van der Waals surface area contributed by atoms with Crippen LogP contribution in [-0.4, -0.2) is 52.7 Å². The van der Waals surface area contributed by atoms with Crippen molar-refractivity contribution in [2.24, 2.45) is 5.41 Å². The molecule has 0 amide bonds. The second-order valence-corrected chi connectivity index (χ2v) is 5.91. The van der Waals surface area contributed by atoms with Gasteiger partial charge in [-0.05, 0) is 12.8 Å². The van der Waals surface area contributed by atoms with Gasteiger partial charge in [-0.15, -0.1) is 0 Å². The van der Waals surface area contributed by atoms with Crippen molar-refractivity contribution in [3.63, 3.8) is 0 Å². The van der Waals surface area contributed by atoms with Gasteiger partial charge in [0, 0.05) is 5.41 Å². The van der Waals surface area contributed by atoms with Crippen molar-refractivity contribution in [2.45, 2.75) is 45.7 Å². The Hall–Kier alpha value is -0.570. The first-order valence-electron chi connectivity index (χ1n) is 5.99. The monoisotopic (exact) mass is 211 g/mol. The van der Waals surface area contributed by atoms with E-state index in [2.05, 4.69) is 36.6 Å². The summed E-state index contributed by atoms with van der Waals surface area (Å²) < 4.78 is 2.44. The third-order valence-electron chi connectivity index (χ3n) is 3.71. The van der Waals surface area contributed by atoms with Crippen molar-refractivity contribution < 1.29 is 9.68 Å². The van der Waals surface area contributed by atoms with Crippen LogP contribution in [0.15, 0.2) is 0 Å². The first-order chi connectivity index (χ1) is 7.02.